The molecule has 1 aliphatic rings. The van der Waals surface area contributed by atoms with Crippen LogP contribution in [0.2, 0.25) is 0 Å². The van der Waals surface area contributed by atoms with Crippen molar-refractivity contribution in [2.24, 2.45) is 0 Å². The molecule has 2 unspecified atom stereocenters. The molecule has 0 saturated heterocycles. The van der Waals surface area contributed by atoms with Crippen LogP contribution in [0.25, 0.3) is 39.5 Å². The second-order valence-corrected chi connectivity index (χ2v) is 8.98. The van der Waals surface area contributed by atoms with Crippen molar-refractivity contribution in [2.45, 2.75) is 25.0 Å². The van der Waals surface area contributed by atoms with Crippen molar-refractivity contribution in [3.63, 3.8) is 0 Å². The van der Waals surface area contributed by atoms with Crippen molar-refractivity contribution >= 4 is 22.2 Å². The molecule has 6 aromatic rings. The molecule has 0 bridgehead atoms. The monoisotopic (exact) mass is 485 g/mol. The predicted octanol–water partition coefficient (Wildman–Crippen LogP) is 3.91. The van der Waals surface area contributed by atoms with Gasteiger partial charge in [0.05, 0.1) is 46.6 Å². The maximum absolute atomic E-state index is 10.7. The van der Waals surface area contributed by atoms with Crippen molar-refractivity contribution in [3.8, 4) is 23.4 Å². The standard InChI is InChI=1S/C27H19N9O/c28-10-16-5-6-20-23(9-16)35(15-32-20)27-31-13-21-26(34-27)36(25(33-21)17-11-29-14-30-12-17)22-7-8-24(37)19-4-2-1-3-18(19)22/h1-6,9,11-15,22,24,37H,7-8H2. The fourth-order valence-corrected chi connectivity index (χ4v) is 5.16. The third-order valence-corrected chi connectivity index (χ3v) is 6.87. The average Bonchev–Trinajstić information content (AvgIpc) is 3.55. The predicted molar refractivity (Wildman–Crippen MR) is 134 cm³/mol. The first-order valence-electron chi connectivity index (χ1n) is 11.9. The minimum absolute atomic E-state index is 0.104. The van der Waals surface area contributed by atoms with E-state index in [0.29, 0.717) is 41.3 Å². The quantitative estimate of drug-likeness (QED) is 0.399. The Morgan fingerprint density at radius 2 is 1.76 bits per heavy atom. The molecule has 0 aliphatic heterocycles. The maximum atomic E-state index is 10.7. The summed E-state index contributed by atoms with van der Waals surface area (Å²) in [6, 6.07) is 15.4. The lowest BCUT2D eigenvalue weighted by atomic mass is 9.85. The Bertz CT molecular complexity index is 1830. The van der Waals surface area contributed by atoms with Crippen LogP contribution in [0.5, 0.6) is 0 Å². The fourth-order valence-electron chi connectivity index (χ4n) is 5.16. The van der Waals surface area contributed by atoms with E-state index in [1.807, 2.05) is 30.3 Å². The zero-order valence-electron chi connectivity index (χ0n) is 19.5. The normalized spacial score (nSPS) is 17.1. The zero-order chi connectivity index (χ0) is 24.9. The lowest BCUT2D eigenvalue weighted by Gasteiger charge is -2.31. The molecule has 2 aromatic carbocycles. The van der Waals surface area contributed by atoms with E-state index in [2.05, 4.69) is 30.6 Å². The van der Waals surface area contributed by atoms with Gasteiger partial charge in [-0.25, -0.2) is 24.9 Å². The van der Waals surface area contributed by atoms with Crippen molar-refractivity contribution < 1.29 is 5.11 Å². The van der Waals surface area contributed by atoms with Crippen molar-refractivity contribution in [1.29, 1.82) is 5.26 Å². The fraction of sp³-hybridized carbons (Fsp3) is 0.148. The molecule has 1 aliphatic carbocycles. The van der Waals surface area contributed by atoms with Crippen molar-refractivity contribution in [2.75, 3.05) is 0 Å². The number of rotatable bonds is 3. The topological polar surface area (TPSA) is 131 Å². The summed E-state index contributed by atoms with van der Waals surface area (Å²) in [4.78, 5) is 27.3. The van der Waals surface area contributed by atoms with E-state index in [4.69, 9.17) is 9.97 Å². The first-order valence-corrected chi connectivity index (χ1v) is 11.9. The maximum Gasteiger partial charge on any atom is 0.237 e. The molecule has 0 saturated carbocycles. The van der Waals surface area contributed by atoms with Gasteiger partial charge in [0, 0.05) is 12.4 Å². The smallest absolute Gasteiger partial charge is 0.237 e. The molecular weight excluding hydrogens is 466 g/mol. The van der Waals surface area contributed by atoms with Gasteiger partial charge >= 0.3 is 0 Å². The van der Waals surface area contributed by atoms with Crippen LogP contribution in [0.1, 0.15) is 41.7 Å². The molecule has 4 aromatic heterocycles. The summed E-state index contributed by atoms with van der Waals surface area (Å²) in [5, 5.41) is 20.1. The number of benzene rings is 2. The van der Waals surface area contributed by atoms with E-state index in [9.17, 15) is 10.4 Å². The Hall–Kier alpha value is -5.01. The molecule has 10 heteroatoms. The highest BCUT2D eigenvalue weighted by Crippen LogP contribution is 2.41. The Labute approximate surface area is 210 Å². The lowest BCUT2D eigenvalue weighted by Crippen LogP contribution is -2.21. The SMILES string of the molecule is N#Cc1ccc2ncn(-c3ncc4nc(-c5cncnc5)n(C5CCC(O)c6ccccc65)c4n3)c2c1. The number of aliphatic hydroxyl groups excluding tert-OH is 1. The molecule has 0 fully saturated rings. The van der Waals surface area contributed by atoms with E-state index in [0.717, 1.165) is 27.7 Å². The minimum Gasteiger partial charge on any atom is -0.388 e. The summed E-state index contributed by atoms with van der Waals surface area (Å²) in [5.41, 5.74) is 6.01. The number of nitrogens with zero attached hydrogens (tertiary/aromatic N) is 9. The summed E-state index contributed by atoms with van der Waals surface area (Å²) in [5.74, 6) is 1.10. The van der Waals surface area contributed by atoms with Gasteiger partial charge in [0.1, 0.15) is 24.0 Å². The number of aromatic nitrogens is 8. The number of hydrogen-bond donors (Lipinski definition) is 1. The number of fused-ring (bicyclic) bond motifs is 3. The molecule has 1 N–H and O–H groups in total. The Morgan fingerprint density at radius 1 is 0.919 bits per heavy atom. The summed E-state index contributed by atoms with van der Waals surface area (Å²) < 4.78 is 3.88. The van der Waals surface area contributed by atoms with Crippen LogP contribution >= 0.6 is 0 Å². The Balaban J connectivity index is 1.48. The first-order chi connectivity index (χ1) is 18.2. The van der Waals surface area contributed by atoms with Gasteiger partial charge in [-0.1, -0.05) is 24.3 Å². The third kappa shape index (κ3) is 3.36. The van der Waals surface area contributed by atoms with Gasteiger partial charge in [-0.2, -0.15) is 10.2 Å². The van der Waals surface area contributed by atoms with Crippen LogP contribution in [0, 0.1) is 11.3 Å². The van der Waals surface area contributed by atoms with Crippen molar-refractivity contribution in [1.82, 2.24) is 39.0 Å². The second-order valence-electron chi connectivity index (χ2n) is 8.98. The molecular formula is C27H19N9O. The molecule has 178 valence electrons. The van der Waals surface area contributed by atoms with Crippen LogP contribution in [-0.2, 0) is 0 Å². The van der Waals surface area contributed by atoms with Gasteiger partial charge in [0.25, 0.3) is 0 Å². The van der Waals surface area contributed by atoms with Crippen LogP contribution in [0.15, 0.2) is 73.7 Å². The van der Waals surface area contributed by atoms with Gasteiger partial charge in [-0.3, -0.25) is 4.57 Å². The van der Waals surface area contributed by atoms with Gasteiger partial charge < -0.3 is 9.67 Å². The molecule has 10 nitrogen and oxygen atoms in total. The molecule has 0 radical (unpaired) electrons. The van der Waals surface area contributed by atoms with Crippen LogP contribution in [-0.4, -0.2) is 44.1 Å². The molecule has 7 rings (SSSR count). The number of nitriles is 1. The van der Waals surface area contributed by atoms with E-state index in [1.54, 1.807) is 41.6 Å². The van der Waals surface area contributed by atoms with E-state index >= 15 is 0 Å². The van der Waals surface area contributed by atoms with Crippen LogP contribution in [0.3, 0.4) is 0 Å². The highest BCUT2D eigenvalue weighted by atomic mass is 16.3. The highest BCUT2D eigenvalue weighted by molar-refractivity contribution is 5.80. The number of imidazole rings is 2. The Morgan fingerprint density at radius 3 is 2.59 bits per heavy atom. The van der Waals surface area contributed by atoms with Gasteiger partial charge in [0.2, 0.25) is 5.95 Å². The molecule has 0 spiro atoms. The van der Waals surface area contributed by atoms with Gasteiger partial charge in [0.15, 0.2) is 5.65 Å². The van der Waals surface area contributed by atoms with E-state index in [1.165, 1.54) is 6.33 Å². The molecule has 0 amide bonds. The molecule has 4 heterocycles. The average molecular weight is 486 g/mol. The van der Waals surface area contributed by atoms with Gasteiger partial charge in [-0.05, 0) is 42.2 Å². The summed E-state index contributed by atoms with van der Waals surface area (Å²) in [6.45, 7) is 0. The van der Waals surface area contributed by atoms with Crippen molar-refractivity contribution in [3.05, 3.63) is 90.4 Å². The van der Waals surface area contributed by atoms with Crippen LogP contribution in [0.4, 0.5) is 0 Å². The molecule has 37 heavy (non-hydrogen) atoms. The Kier molecular flexibility index (Phi) is 4.77. The summed E-state index contributed by atoms with van der Waals surface area (Å²) in [7, 11) is 0. The van der Waals surface area contributed by atoms with E-state index < -0.39 is 6.10 Å². The second kappa shape index (κ2) is 8.29. The van der Waals surface area contributed by atoms with Crippen LogP contribution < -0.4 is 0 Å². The lowest BCUT2D eigenvalue weighted by molar-refractivity contribution is 0.148. The highest BCUT2D eigenvalue weighted by Gasteiger charge is 2.31. The summed E-state index contributed by atoms with van der Waals surface area (Å²) >= 11 is 0. The minimum atomic E-state index is -0.512. The number of aliphatic hydroxyl groups is 1. The largest absolute Gasteiger partial charge is 0.388 e. The third-order valence-electron chi connectivity index (χ3n) is 6.87. The van der Waals surface area contributed by atoms with E-state index in [-0.39, 0.29) is 6.04 Å². The first kappa shape index (κ1) is 21.3. The molecule has 2 atom stereocenters. The zero-order valence-corrected chi connectivity index (χ0v) is 19.5. The summed E-state index contributed by atoms with van der Waals surface area (Å²) in [6.07, 6.45) is 9.13. The van der Waals surface area contributed by atoms with Gasteiger partial charge in [-0.15, -0.1) is 0 Å². The number of hydrogen-bond acceptors (Lipinski definition) is 8.